The van der Waals surface area contributed by atoms with Crippen LogP contribution >= 0.6 is 35.4 Å². The molecule has 0 aromatic heterocycles. The topological polar surface area (TPSA) is 29.3 Å². The van der Waals surface area contributed by atoms with Gasteiger partial charge >= 0.3 is 0 Å². The molecule has 16 heavy (non-hydrogen) atoms. The number of hydrogen-bond acceptors (Lipinski definition) is 2. The molecule has 0 radical (unpaired) electrons. The third-order valence-corrected chi connectivity index (χ3v) is 3.27. The minimum Gasteiger partial charge on any atom is -0.393 e. The van der Waals surface area contributed by atoms with Gasteiger partial charge in [0, 0.05) is 19.5 Å². The third kappa shape index (κ3) is 4.26. The number of halogens is 2. The second-order valence-electron chi connectivity index (χ2n) is 3.67. The number of benzene rings is 1. The Bertz CT molecular complexity index is 382. The second kappa shape index (κ2) is 6.40. The van der Waals surface area contributed by atoms with Crippen molar-refractivity contribution >= 4 is 40.4 Å². The SMILES string of the molecule is CN(CCC(N)=S)Cc1cccc(Cl)c1Cl. The van der Waals surface area contributed by atoms with E-state index in [1.807, 2.05) is 19.2 Å². The zero-order chi connectivity index (χ0) is 12.1. The number of rotatable bonds is 5. The minimum atomic E-state index is 0.532. The summed E-state index contributed by atoms with van der Waals surface area (Å²) in [5.41, 5.74) is 6.46. The van der Waals surface area contributed by atoms with Crippen LogP contribution in [0.5, 0.6) is 0 Å². The summed E-state index contributed by atoms with van der Waals surface area (Å²) >= 11 is 16.9. The van der Waals surface area contributed by atoms with Gasteiger partial charge in [-0.3, -0.25) is 0 Å². The van der Waals surface area contributed by atoms with E-state index in [0.29, 0.717) is 21.5 Å². The average molecular weight is 277 g/mol. The molecule has 0 bridgehead atoms. The summed E-state index contributed by atoms with van der Waals surface area (Å²) in [6.45, 7) is 1.56. The van der Waals surface area contributed by atoms with Crippen LogP contribution in [0.2, 0.25) is 10.0 Å². The van der Waals surface area contributed by atoms with Crippen molar-refractivity contribution in [1.82, 2.24) is 4.90 Å². The highest BCUT2D eigenvalue weighted by atomic mass is 35.5. The van der Waals surface area contributed by atoms with E-state index in [1.54, 1.807) is 6.07 Å². The van der Waals surface area contributed by atoms with Gasteiger partial charge < -0.3 is 10.6 Å². The lowest BCUT2D eigenvalue weighted by atomic mass is 10.2. The van der Waals surface area contributed by atoms with Crippen LogP contribution in [-0.2, 0) is 6.54 Å². The van der Waals surface area contributed by atoms with E-state index in [1.165, 1.54) is 0 Å². The number of hydrogen-bond donors (Lipinski definition) is 1. The van der Waals surface area contributed by atoms with Crippen molar-refractivity contribution in [3.63, 3.8) is 0 Å². The second-order valence-corrected chi connectivity index (χ2v) is 4.98. The first-order chi connectivity index (χ1) is 7.50. The fourth-order valence-electron chi connectivity index (χ4n) is 1.34. The summed E-state index contributed by atoms with van der Waals surface area (Å²) in [6, 6.07) is 5.64. The Labute approximate surface area is 111 Å². The number of nitrogens with zero attached hydrogens (tertiary/aromatic N) is 1. The lowest BCUT2D eigenvalue weighted by Gasteiger charge is -2.17. The maximum atomic E-state index is 6.09. The van der Waals surface area contributed by atoms with E-state index in [2.05, 4.69) is 4.90 Å². The molecule has 0 aliphatic carbocycles. The highest BCUT2D eigenvalue weighted by Gasteiger charge is 2.07. The summed E-state index contributed by atoms with van der Waals surface area (Å²) in [5.74, 6) is 0. The predicted octanol–water partition coefficient (Wildman–Crippen LogP) is 3.10. The summed E-state index contributed by atoms with van der Waals surface area (Å²) in [4.78, 5) is 2.64. The van der Waals surface area contributed by atoms with Crippen molar-refractivity contribution in [2.75, 3.05) is 13.6 Å². The van der Waals surface area contributed by atoms with Gasteiger partial charge in [-0.2, -0.15) is 0 Å². The van der Waals surface area contributed by atoms with Crippen molar-refractivity contribution < 1.29 is 0 Å². The molecule has 1 aromatic rings. The highest BCUT2D eigenvalue weighted by molar-refractivity contribution is 7.80. The Hall–Kier alpha value is -0.350. The van der Waals surface area contributed by atoms with Crippen LogP contribution in [0.25, 0.3) is 0 Å². The molecule has 0 unspecified atom stereocenters. The maximum absolute atomic E-state index is 6.09. The number of thiocarbonyl (C=S) groups is 1. The molecular weight excluding hydrogens is 263 g/mol. The summed E-state index contributed by atoms with van der Waals surface area (Å²) < 4.78 is 0. The van der Waals surface area contributed by atoms with E-state index in [0.717, 1.165) is 18.7 Å². The molecule has 5 heteroatoms. The summed E-state index contributed by atoms with van der Waals surface area (Å²) in [7, 11) is 2.00. The van der Waals surface area contributed by atoms with Crippen molar-refractivity contribution in [2.24, 2.45) is 5.73 Å². The van der Waals surface area contributed by atoms with E-state index < -0.39 is 0 Å². The first-order valence-electron chi connectivity index (χ1n) is 4.90. The van der Waals surface area contributed by atoms with Crippen LogP contribution in [0.15, 0.2) is 18.2 Å². The molecular formula is C11H14Cl2N2S. The first-order valence-corrected chi connectivity index (χ1v) is 6.07. The molecule has 2 nitrogen and oxygen atoms in total. The molecule has 0 saturated carbocycles. The molecule has 1 aromatic carbocycles. The zero-order valence-electron chi connectivity index (χ0n) is 9.04. The Kier molecular flexibility index (Phi) is 5.49. The Balaban J connectivity index is 2.59. The Morgan fingerprint density at radius 1 is 1.44 bits per heavy atom. The average Bonchev–Trinajstić information content (AvgIpc) is 2.22. The monoisotopic (exact) mass is 276 g/mol. The molecule has 2 N–H and O–H groups in total. The van der Waals surface area contributed by atoms with Gasteiger partial charge in [0.2, 0.25) is 0 Å². The normalized spacial score (nSPS) is 10.8. The molecule has 0 spiro atoms. The van der Waals surface area contributed by atoms with Gasteiger partial charge in [0.25, 0.3) is 0 Å². The molecule has 0 atom stereocenters. The van der Waals surface area contributed by atoms with Gasteiger partial charge in [0.05, 0.1) is 15.0 Å². The molecule has 88 valence electrons. The standard InChI is InChI=1S/C11H14Cl2N2S/c1-15(6-5-10(14)16)7-8-3-2-4-9(12)11(8)13/h2-4H,5-7H2,1H3,(H2,14,16). The fourth-order valence-corrected chi connectivity index (χ4v) is 1.81. The van der Waals surface area contributed by atoms with Crippen molar-refractivity contribution in [3.05, 3.63) is 33.8 Å². The molecule has 0 fully saturated rings. The van der Waals surface area contributed by atoms with Crippen molar-refractivity contribution in [3.8, 4) is 0 Å². The zero-order valence-corrected chi connectivity index (χ0v) is 11.4. The fraction of sp³-hybridized carbons (Fsp3) is 0.364. The van der Waals surface area contributed by atoms with Crippen LogP contribution in [-0.4, -0.2) is 23.5 Å². The van der Waals surface area contributed by atoms with Gasteiger partial charge in [-0.1, -0.05) is 47.6 Å². The molecule has 0 heterocycles. The molecule has 0 amide bonds. The lowest BCUT2D eigenvalue weighted by Crippen LogP contribution is -2.23. The molecule has 0 saturated heterocycles. The largest absolute Gasteiger partial charge is 0.393 e. The van der Waals surface area contributed by atoms with Crippen molar-refractivity contribution in [2.45, 2.75) is 13.0 Å². The van der Waals surface area contributed by atoms with Gasteiger partial charge in [-0.25, -0.2) is 0 Å². The van der Waals surface area contributed by atoms with Gasteiger partial charge in [-0.05, 0) is 18.7 Å². The summed E-state index contributed by atoms with van der Waals surface area (Å²) in [5, 5.41) is 1.20. The van der Waals surface area contributed by atoms with Crippen LogP contribution in [0.4, 0.5) is 0 Å². The molecule has 0 aliphatic rings. The van der Waals surface area contributed by atoms with E-state index in [9.17, 15) is 0 Å². The van der Waals surface area contributed by atoms with Gasteiger partial charge in [-0.15, -0.1) is 0 Å². The summed E-state index contributed by atoms with van der Waals surface area (Å²) in [6.07, 6.45) is 0.712. The minimum absolute atomic E-state index is 0.532. The molecule has 0 aliphatic heterocycles. The van der Waals surface area contributed by atoms with E-state index in [-0.39, 0.29) is 0 Å². The Morgan fingerprint density at radius 2 is 2.12 bits per heavy atom. The van der Waals surface area contributed by atoms with E-state index in [4.69, 9.17) is 41.2 Å². The number of nitrogens with two attached hydrogens (primary N) is 1. The van der Waals surface area contributed by atoms with Crippen LogP contribution in [0, 0.1) is 0 Å². The van der Waals surface area contributed by atoms with Gasteiger partial charge in [0.1, 0.15) is 0 Å². The Morgan fingerprint density at radius 3 is 2.75 bits per heavy atom. The third-order valence-electron chi connectivity index (χ3n) is 2.21. The lowest BCUT2D eigenvalue weighted by molar-refractivity contribution is 0.337. The van der Waals surface area contributed by atoms with Crippen LogP contribution in [0.3, 0.4) is 0 Å². The quantitative estimate of drug-likeness (QED) is 0.838. The highest BCUT2D eigenvalue weighted by Crippen LogP contribution is 2.26. The van der Waals surface area contributed by atoms with E-state index >= 15 is 0 Å². The van der Waals surface area contributed by atoms with Crippen molar-refractivity contribution in [1.29, 1.82) is 0 Å². The maximum Gasteiger partial charge on any atom is 0.0740 e. The predicted molar refractivity (Wildman–Crippen MR) is 74.2 cm³/mol. The molecule has 1 rings (SSSR count). The van der Waals surface area contributed by atoms with Gasteiger partial charge in [0.15, 0.2) is 0 Å². The smallest absolute Gasteiger partial charge is 0.0740 e. The van der Waals surface area contributed by atoms with Crippen LogP contribution in [0.1, 0.15) is 12.0 Å². The first kappa shape index (κ1) is 13.7. The van der Waals surface area contributed by atoms with Crippen LogP contribution < -0.4 is 5.73 Å².